The first-order chi connectivity index (χ1) is 39.5. The van der Waals surface area contributed by atoms with Gasteiger partial charge in [-0.3, -0.25) is 24.0 Å². The predicted octanol–water partition coefficient (Wildman–Crippen LogP) is 7.95. The fourth-order valence-electron chi connectivity index (χ4n) is 10.6. The summed E-state index contributed by atoms with van der Waals surface area (Å²) in [6.07, 6.45) is 14.9. The zero-order chi connectivity index (χ0) is 60.5. The number of carbonyl (C=O) groups is 9. The Labute approximate surface area is 505 Å². The molecule has 7 rings (SSSR count). The van der Waals surface area contributed by atoms with E-state index in [-0.39, 0.29) is 66.2 Å². The SMILES string of the molecule is CCOC(=O)C1CCN(C2CCCN(C(=O)OCC)CC2)CC1.CCOC(=O)C1CCNCC1.CCOC(=O)Cl.CCOC(=O)N1CCCC(=O)CC1.CCOC(=O)N1CCCC(N2CCC(C(=O)O)CC2)CC1.Cl.O=C1CCCNCC1. The van der Waals surface area contributed by atoms with Crippen molar-refractivity contribution in [1.29, 1.82) is 0 Å². The molecular formula is C58H103Cl2N7O16. The largest absolute Gasteiger partial charge is 0.481 e. The lowest BCUT2D eigenvalue weighted by atomic mass is 9.94. The number of rotatable bonds is 11. The van der Waals surface area contributed by atoms with Crippen molar-refractivity contribution in [3.63, 3.8) is 0 Å². The van der Waals surface area contributed by atoms with E-state index in [2.05, 4.69) is 25.2 Å². The van der Waals surface area contributed by atoms with Crippen LogP contribution in [-0.4, -0.2) is 226 Å². The van der Waals surface area contributed by atoms with Crippen LogP contribution in [0.5, 0.6) is 0 Å². The number of hydrogen-bond acceptors (Lipinski definition) is 19. The molecule has 3 N–H and O–H groups in total. The highest BCUT2D eigenvalue weighted by Gasteiger charge is 2.33. The third-order valence-electron chi connectivity index (χ3n) is 15.2. The number of nitrogens with zero attached hydrogens (tertiary/aromatic N) is 5. The van der Waals surface area contributed by atoms with Gasteiger partial charge in [0, 0.05) is 95.2 Å². The molecular weight excluding hydrogens is 1120 g/mol. The summed E-state index contributed by atoms with van der Waals surface area (Å²) in [4.78, 5) is 110. The maximum atomic E-state index is 11.9. The molecule has 0 saturated carbocycles. The quantitative estimate of drug-likeness (QED) is 0.101. The van der Waals surface area contributed by atoms with Crippen molar-refractivity contribution in [1.82, 2.24) is 35.1 Å². The number of halogens is 2. The summed E-state index contributed by atoms with van der Waals surface area (Å²) < 4.78 is 29.2. The van der Waals surface area contributed by atoms with E-state index >= 15 is 0 Å². The first-order valence-electron chi connectivity index (χ1n) is 30.6. The summed E-state index contributed by atoms with van der Waals surface area (Å²) in [5.41, 5.74) is -0.738. The van der Waals surface area contributed by atoms with Crippen LogP contribution < -0.4 is 10.6 Å². The molecule has 7 heterocycles. The molecule has 0 radical (unpaired) electrons. The van der Waals surface area contributed by atoms with Crippen molar-refractivity contribution in [2.45, 2.75) is 169 Å². The second-order valence-electron chi connectivity index (χ2n) is 20.9. The maximum Gasteiger partial charge on any atom is 0.409 e. The normalized spacial score (nSPS) is 21.3. The molecule has 83 heavy (non-hydrogen) atoms. The summed E-state index contributed by atoms with van der Waals surface area (Å²) in [6.45, 7) is 25.0. The number of piperidine rings is 3. The van der Waals surface area contributed by atoms with Crippen molar-refractivity contribution >= 4 is 77.2 Å². The van der Waals surface area contributed by atoms with Gasteiger partial charge in [-0.1, -0.05) is 0 Å². The third-order valence-corrected chi connectivity index (χ3v) is 15.3. The molecule has 7 aliphatic rings. The number of ether oxygens (including phenoxy) is 6. The Morgan fingerprint density at radius 1 is 0.422 bits per heavy atom. The molecule has 0 aromatic carbocycles. The molecule has 0 aromatic rings. The summed E-state index contributed by atoms with van der Waals surface area (Å²) in [7, 11) is 0. The van der Waals surface area contributed by atoms with E-state index in [0.717, 1.165) is 181 Å². The average Bonchev–Trinajstić information content (AvgIpc) is 4.10. The number of hydrogen-bond donors (Lipinski definition) is 3. The van der Waals surface area contributed by atoms with Gasteiger partial charge in [-0.15, -0.1) is 12.4 Å². The number of carboxylic acid groups (broad SMARTS) is 1. The second kappa shape index (κ2) is 46.7. The molecule has 7 aliphatic heterocycles. The summed E-state index contributed by atoms with van der Waals surface area (Å²) in [6, 6.07) is 0.983. The van der Waals surface area contributed by atoms with E-state index < -0.39 is 11.4 Å². The molecule has 2 atom stereocenters. The van der Waals surface area contributed by atoms with E-state index in [1.165, 1.54) is 0 Å². The van der Waals surface area contributed by atoms with Gasteiger partial charge in [-0.05, 0) is 177 Å². The number of Topliss-reactive ketones (excluding diaryl/α,β-unsaturated/α-hetero) is 2. The highest BCUT2D eigenvalue weighted by atomic mass is 35.5. The Kier molecular flexibility index (Phi) is 43.0. The van der Waals surface area contributed by atoms with Gasteiger partial charge in [0.2, 0.25) is 0 Å². The minimum Gasteiger partial charge on any atom is -0.481 e. The van der Waals surface area contributed by atoms with Gasteiger partial charge in [0.25, 0.3) is 0 Å². The van der Waals surface area contributed by atoms with Crippen LogP contribution in [0.4, 0.5) is 19.2 Å². The first kappa shape index (κ1) is 76.5. The molecule has 25 heteroatoms. The van der Waals surface area contributed by atoms with E-state index in [1.54, 1.807) is 23.6 Å². The molecule has 0 aliphatic carbocycles. The van der Waals surface area contributed by atoms with Crippen LogP contribution in [0.1, 0.15) is 157 Å². The van der Waals surface area contributed by atoms with Crippen molar-refractivity contribution in [2.24, 2.45) is 17.8 Å². The van der Waals surface area contributed by atoms with Gasteiger partial charge in [-0.25, -0.2) is 19.2 Å². The van der Waals surface area contributed by atoms with Gasteiger partial charge in [0.15, 0.2) is 0 Å². The Balaban J connectivity index is 0.000000525. The standard InChI is InChI=1S/C17H30N2O4.C15H26N2O4.C9H15NO3.C8H15NO2.C6H11NO.C3H5ClO2.ClH/c1-3-22-16(20)14-7-11-18(12-8-14)15-6-5-10-19(13-9-15)17(21)23-4-2;1-2-21-15(20)17-8-3-4-13(7-11-17)16-9-5-12(6-10-16)14(18)19;1-2-13-9(12)10-6-3-4-8(11)5-7-10;1-2-11-8(10)7-3-5-9-6-4-7;8-6-2-1-4-7-5-3-6;1-2-6-3(4)5;/h14-15H,3-13H2,1-2H3;12-13H,2-11H2,1H3,(H,18,19);2-7H2,1H3;7,9H,2-6H2,1H3;7H,1-5H2;2H2,1H3;1H. The monoisotopic (exact) mass is 1220 g/mol. The summed E-state index contributed by atoms with van der Waals surface area (Å²) in [5, 5.41) is 15.4. The van der Waals surface area contributed by atoms with Crippen molar-refractivity contribution in [2.75, 3.05) is 131 Å². The Morgan fingerprint density at radius 2 is 0.807 bits per heavy atom. The minimum absolute atomic E-state index is 0. The highest BCUT2D eigenvalue weighted by Crippen LogP contribution is 2.26. The van der Waals surface area contributed by atoms with E-state index in [1.807, 2.05) is 32.6 Å². The summed E-state index contributed by atoms with van der Waals surface area (Å²) >= 11 is 4.72. The fraction of sp³-hybridized carbons (Fsp3) is 0.845. The van der Waals surface area contributed by atoms with Crippen molar-refractivity contribution < 1.29 is 76.7 Å². The number of likely N-dealkylation sites (tertiary alicyclic amines) is 5. The van der Waals surface area contributed by atoms with Crippen LogP contribution in [0, 0.1) is 17.8 Å². The van der Waals surface area contributed by atoms with Gasteiger partial charge in [-0.2, -0.15) is 0 Å². The number of carbonyl (C=O) groups excluding carboxylic acids is 8. The van der Waals surface area contributed by atoms with Gasteiger partial charge in [0.05, 0.1) is 57.4 Å². The molecule has 7 fully saturated rings. The number of nitrogens with one attached hydrogen (secondary N) is 2. The molecule has 2 unspecified atom stereocenters. The lowest BCUT2D eigenvalue weighted by Crippen LogP contribution is -2.43. The topological polar surface area (TPSA) is 269 Å². The van der Waals surface area contributed by atoms with E-state index in [9.17, 15) is 43.2 Å². The zero-order valence-corrected chi connectivity index (χ0v) is 52.4. The number of amides is 3. The van der Waals surface area contributed by atoms with Crippen LogP contribution in [0.25, 0.3) is 0 Å². The third kappa shape index (κ3) is 33.1. The Morgan fingerprint density at radius 3 is 1.23 bits per heavy atom. The van der Waals surface area contributed by atoms with Gasteiger partial charge >= 0.3 is 41.6 Å². The summed E-state index contributed by atoms with van der Waals surface area (Å²) in [5.74, 6) is -0.0337. The molecule has 7 saturated heterocycles. The van der Waals surface area contributed by atoms with Crippen LogP contribution in [-0.2, 0) is 52.4 Å². The zero-order valence-electron chi connectivity index (χ0n) is 50.9. The van der Waals surface area contributed by atoms with Crippen molar-refractivity contribution in [3.8, 4) is 0 Å². The van der Waals surface area contributed by atoms with Gasteiger partial charge in [0.1, 0.15) is 11.6 Å². The number of esters is 2. The average molecular weight is 1230 g/mol. The molecule has 0 spiro atoms. The molecule has 0 aromatic heterocycles. The van der Waals surface area contributed by atoms with Crippen LogP contribution in [0.3, 0.4) is 0 Å². The Bertz CT molecular complexity index is 1860. The number of aliphatic carboxylic acids is 1. The van der Waals surface area contributed by atoms with Crippen LogP contribution in [0.2, 0.25) is 0 Å². The first-order valence-corrected chi connectivity index (χ1v) is 31.0. The van der Waals surface area contributed by atoms with E-state index in [0.29, 0.717) is 83.4 Å². The molecule has 23 nitrogen and oxygen atoms in total. The smallest absolute Gasteiger partial charge is 0.409 e. The lowest BCUT2D eigenvalue weighted by molar-refractivity contribution is -0.150. The Hall–Kier alpha value is -4.55. The van der Waals surface area contributed by atoms with Gasteiger partial charge < -0.3 is 68.7 Å². The molecule has 480 valence electrons. The molecule has 3 amide bonds. The predicted molar refractivity (Wildman–Crippen MR) is 317 cm³/mol. The maximum absolute atomic E-state index is 11.9. The fourth-order valence-corrected chi connectivity index (χ4v) is 10.7. The van der Waals surface area contributed by atoms with Crippen molar-refractivity contribution in [3.05, 3.63) is 0 Å². The highest BCUT2D eigenvalue weighted by molar-refractivity contribution is 6.61. The van der Waals surface area contributed by atoms with E-state index in [4.69, 9.17) is 40.4 Å². The molecule has 0 bridgehead atoms. The van der Waals surface area contributed by atoms with Crippen LogP contribution >= 0.6 is 24.0 Å². The number of ketones is 2. The van der Waals surface area contributed by atoms with Crippen LogP contribution in [0.15, 0.2) is 0 Å². The second-order valence-corrected chi connectivity index (χ2v) is 21.2. The lowest BCUT2D eigenvalue weighted by Gasteiger charge is -2.36. The number of carboxylic acids is 1. The minimum atomic E-state index is -0.738.